The van der Waals surface area contributed by atoms with Crippen molar-refractivity contribution >= 4 is 17.2 Å². The van der Waals surface area contributed by atoms with Gasteiger partial charge in [0, 0.05) is 16.5 Å². The van der Waals surface area contributed by atoms with Gasteiger partial charge in [0.1, 0.15) is 22.6 Å². The monoisotopic (exact) mass is 438 g/mol. The fraction of sp³-hybridized carbons (Fsp3) is 0.182. The number of carbonyl (C=O) groups excluding carboxylic acids is 1. The Morgan fingerprint density at radius 2 is 2.03 bits per heavy atom. The molecule has 4 aromatic rings. The van der Waals surface area contributed by atoms with Gasteiger partial charge in [0.25, 0.3) is 5.56 Å². The Balaban J connectivity index is 1.49. The minimum Gasteiger partial charge on any atom is -0.463 e. The van der Waals surface area contributed by atoms with Crippen LogP contribution in [0.4, 0.5) is 4.39 Å². The molecule has 0 unspecified atom stereocenters. The SMILES string of the molecule is Cc1nc(-c2ccccc2F)sc1CNC(=O)[C@H](C)n1nc(-c2ccco2)ccc1=O. The highest BCUT2D eigenvalue weighted by atomic mass is 32.1. The smallest absolute Gasteiger partial charge is 0.267 e. The minimum atomic E-state index is -0.832. The number of nitrogens with one attached hydrogen (secondary N) is 1. The van der Waals surface area contributed by atoms with Crippen molar-refractivity contribution in [2.75, 3.05) is 0 Å². The van der Waals surface area contributed by atoms with Crippen molar-refractivity contribution < 1.29 is 13.6 Å². The molecular weight excluding hydrogens is 419 g/mol. The summed E-state index contributed by atoms with van der Waals surface area (Å²) in [6, 6.07) is 11.9. The summed E-state index contributed by atoms with van der Waals surface area (Å²) in [7, 11) is 0. The Hall–Kier alpha value is -3.59. The fourth-order valence-electron chi connectivity index (χ4n) is 3.03. The normalized spacial score (nSPS) is 12.0. The summed E-state index contributed by atoms with van der Waals surface area (Å²) in [5.41, 5.74) is 1.20. The second kappa shape index (κ2) is 8.65. The molecular formula is C22H19FN4O3S. The van der Waals surface area contributed by atoms with Crippen molar-refractivity contribution in [1.29, 1.82) is 0 Å². The van der Waals surface area contributed by atoms with Crippen molar-refractivity contribution in [3.05, 3.63) is 81.5 Å². The molecule has 158 valence electrons. The van der Waals surface area contributed by atoms with Gasteiger partial charge in [0.15, 0.2) is 5.76 Å². The van der Waals surface area contributed by atoms with E-state index in [9.17, 15) is 14.0 Å². The molecule has 1 atom stereocenters. The molecule has 0 bridgehead atoms. The van der Waals surface area contributed by atoms with Crippen LogP contribution in [-0.2, 0) is 11.3 Å². The molecule has 4 rings (SSSR count). The van der Waals surface area contributed by atoms with Crippen LogP contribution < -0.4 is 10.9 Å². The molecule has 7 nitrogen and oxygen atoms in total. The maximum Gasteiger partial charge on any atom is 0.267 e. The third kappa shape index (κ3) is 4.31. The first kappa shape index (κ1) is 20.7. The summed E-state index contributed by atoms with van der Waals surface area (Å²) in [5.74, 6) is -0.212. The van der Waals surface area contributed by atoms with Gasteiger partial charge >= 0.3 is 0 Å². The third-order valence-electron chi connectivity index (χ3n) is 4.77. The van der Waals surface area contributed by atoms with E-state index in [1.807, 2.05) is 6.92 Å². The Morgan fingerprint density at radius 1 is 1.23 bits per heavy atom. The largest absolute Gasteiger partial charge is 0.463 e. The number of aromatic nitrogens is 3. The van der Waals surface area contributed by atoms with Crippen molar-refractivity contribution in [1.82, 2.24) is 20.1 Å². The van der Waals surface area contributed by atoms with E-state index in [0.29, 0.717) is 27.7 Å². The molecule has 0 saturated heterocycles. The van der Waals surface area contributed by atoms with Crippen molar-refractivity contribution in [3.8, 4) is 22.0 Å². The van der Waals surface area contributed by atoms with Crippen LogP contribution in [0.25, 0.3) is 22.0 Å². The summed E-state index contributed by atoms with van der Waals surface area (Å²) in [6.45, 7) is 3.62. The van der Waals surface area contributed by atoms with Crippen molar-refractivity contribution in [3.63, 3.8) is 0 Å². The van der Waals surface area contributed by atoms with Crippen LogP contribution in [-0.4, -0.2) is 20.7 Å². The lowest BCUT2D eigenvalue weighted by atomic mass is 10.2. The van der Waals surface area contributed by atoms with Crippen molar-refractivity contribution in [2.45, 2.75) is 26.4 Å². The number of hydrogen-bond donors (Lipinski definition) is 1. The van der Waals surface area contributed by atoms with Gasteiger partial charge in [-0.2, -0.15) is 5.10 Å². The summed E-state index contributed by atoms with van der Waals surface area (Å²) in [4.78, 5) is 30.2. The van der Waals surface area contributed by atoms with Gasteiger partial charge in [0.05, 0.1) is 18.5 Å². The van der Waals surface area contributed by atoms with E-state index in [1.54, 1.807) is 43.3 Å². The average molecular weight is 438 g/mol. The molecule has 0 fully saturated rings. The molecule has 31 heavy (non-hydrogen) atoms. The molecule has 0 aliphatic heterocycles. The maximum absolute atomic E-state index is 14.0. The zero-order chi connectivity index (χ0) is 22.0. The van der Waals surface area contributed by atoms with Gasteiger partial charge in [-0.25, -0.2) is 14.1 Å². The van der Waals surface area contributed by atoms with Gasteiger partial charge in [-0.1, -0.05) is 12.1 Å². The zero-order valence-electron chi connectivity index (χ0n) is 16.8. The molecule has 0 radical (unpaired) electrons. The van der Waals surface area contributed by atoms with E-state index in [0.717, 1.165) is 9.56 Å². The van der Waals surface area contributed by atoms with E-state index in [2.05, 4.69) is 15.4 Å². The molecule has 3 aromatic heterocycles. The van der Waals surface area contributed by atoms with E-state index < -0.39 is 11.6 Å². The molecule has 1 aromatic carbocycles. The topological polar surface area (TPSA) is 90.0 Å². The number of rotatable bonds is 6. The van der Waals surface area contributed by atoms with Crippen LogP contribution in [0.5, 0.6) is 0 Å². The lowest BCUT2D eigenvalue weighted by Crippen LogP contribution is -2.36. The molecule has 1 N–H and O–H groups in total. The van der Waals surface area contributed by atoms with E-state index in [1.165, 1.54) is 29.7 Å². The van der Waals surface area contributed by atoms with E-state index in [4.69, 9.17) is 4.42 Å². The fourth-order valence-corrected chi connectivity index (χ4v) is 4.06. The van der Waals surface area contributed by atoms with Crippen LogP contribution in [0.1, 0.15) is 23.5 Å². The minimum absolute atomic E-state index is 0.216. The zero-order valence-corrected chi connectivity index (χ0v) is 17.6. The molecule has 3 heterocycles. The second-order valence-electron chi connectivity index (χ2n) is 6.88. The number of aryl methyl sites for hydroxylation is 1. The number of halogens is 1. The molecule has 0 spiro atoms. The van der Waals surface area contributed by atoms with Gasteiger partial charge < -0.3 is 9.73 Å². The number of hydrogen-bond acceptors (Lipinski definition) is 6. The van der Waals surface area contributed by atoms with Gasteiger partial charge in [-0.15, -0.1) is 11.3 Å². The Kier molecular flexibility index (Phi) is 5.77. The maximum atomic E-state index is 14.0. The van der Waals surface area contributed by atoms with Crippen LogP contribution in [0, 0.1) is 12.7 Å². The quantitative estimate of drug-likeness (QED) is 0.492. The van der Waals surface area contributed by atoms with Crippen LogP contribution in [0.3, 0.4) is 0 Å². The van der Waals surface area contributed by atoms with E-state index in [-0.39, 0.29) is 18.3 Å². The van der Waals surface area contributed by atoms with Crippen LogP contribution in [0.15, 0.2) is 64.0 Å². The number of carbonyl (C=O) groups is 1. The lowest BCUT2D eigenvalue weighted by Gasteiger charge is -2.14. The summed E-state index contributed by atoms with van der Waals surface area (Å²) in [5, 5.41) is 7.63. The Bertz CT molecular complexity index is 1280. The summed E-state index contributed by atoms with van der Waals surface area (Å²) in [6.07, 6.45) is 1.51. The van der Waals surface area contributed by atoms with E-state index >= 15 is 0 Å². The van der Waals surface area contributed by atoms with Gasteiger partial charge in [-0.05, 0) is 44.2 Å². The number of amides is 1. The summed E-state index contributed by atoms with van der Waals surface area (Å²) >= 11 is 1.32. The van der Waals surface area contributed by atoms with Gasteiger partial charge in [-0.3, -0.25) is 9.59 Å². The molecule has 0 aliphatic carbocycles. The molecule has 0 saturated carbocycles. The Morgan fingerprint density at radius 3 is 2.77 bits per heavy atom. The first-order valence-electron chi connectivity index (χ1n) is 9.56. The number of thiazole rings is 1. The first-order chi connectivity index (χ1) is 14.9. The summed E-state index contributed by atoms with van der Waals surface area (Å²) < 4.78 is 20.5. The molecule has 1 amide bonds. The number of nitrogens with zero attached hydrogens (tertiary/aromatic N) is 3. The molecule has 0 aliphatic rings. The predicted octanol–water partition coefficient (Wildman–Crippen LogP) is 3.95. The standard InChI is InChI=1S/C22H19FN4O3S/c1-13-19(31-22(25-13)15-6-3-4-7-16(15)23)12-24-21(29)14(2)27-20(28)10-9-17(26-27)18-8-5-11-30-18/h3-11,14H,12H2,1-2H3,(H,24,29)/t14-/m0/s1. The van der Waals surface area contributed by atoms with Crippen molar-refractivity contribution in [2.24, 2.45) is 0 Å². The highest BCUT2D eigenvalue weighted by molar-refractivity contribution is 7.15. The highest BCUT2D eigenvalue weighted by Crippen LogP contribution is 2.29. The number of furan rings is 1. The van der Waals surface area contributed by atoms with Crippen LogP contribution >= 0.6 is 11.3 Å². The highest BCUT2D eigenvalue weighted by Gasteiger charge is 2.20. The third-order valence-corrected chi connectivity index (χ3v) is 5.96. The van der Waals surface area contributed by atoms with Crippen LogP contribution in [0.2, 0.25) is 0 Å². The number of benzene rings is 1. The first-order valence-corrected chi connectivity index (χ1v) is 10.4. The second-order valence-corrected chi connectivity index (χ2v) is 7.96. The Labute approximate surface area is 181 Å². The molecule has 9 heteroatoms. The van der Waals surface area contributed by atoms with Gasteiger partial charge in [0.2, 0.25) is 5.91 Å². The average Bonchev–Trinajstić information content (AvgIpc) is 3.42. The predicted molar refractivity (Wildman–Crippen MR) is 115 cm³/mol. The lowest BCUT2D eigenvalue weighted by molar-refractivity contribution is -0.124.